The van der Waals surface area contributed by atoms with Gasteiger partial charge in [0.15, 0.2) is 5.16 Å². The number of aromatic nitrogens is 2. The third-order valence-corrected chi connectivity index (χ3v) is 7.04. The number of unbranched alkanes of at least 4 members (excludes halogenated alkanes) is 1. The van der Waals surface area contributed by atoms with E-state index < -0.39 is 0 Å². The fourth-order valence-corrected chi connectivity index (χ4v) is 5.57. The lowest BCUT2D eigenvalue weighted by Gasteiger charge is -2.36. The fraction of sp³-hybridized carbons (Fsp3) is 0.545. The Bertz CT molecular complexity index is 884. The Balaban J connectivity index is 1.95. The van der Waals surface area contributed by atoms with Crippen molar-refractivity contribution >= 4 is 11.8 Å². The van der Waals surface area contributed by atoms with Gasteiger partial charge < -0.3 is 5.11 Å². The third-order valence-electron chi connectivity index (χ3n) is 6.08. The molecule has 0 radical (unpaired) electrons. The molecule has 27 heavy (non-hydrogen) atoms. The zero-order valence-electron chi connectivity index (χ0n) is 16.0. The Morgan fingerprint density at radius 3 is 2.78 bits per heavy atom. The number of hydrogen-bond donors (Lipinski definition) is 1. The predicted octanol–water partition coefficient (Wildman–Crippen LogP) is 4.16. The van der Waals surface area contributed by atoms with Crippen molar-refractivity contribution in [2.45, 2.75) is 69.0 Å². The van der Waals surface area contributed by atoms with Crippen molar-refractivity contribution in [1.82, 2.24) is 9.55 Å². The molecular formula is C22H28N2O2S. The number of nitrogens with zero attached hydrogens (tertiary/aromatic N) is 2. The standard InChI is InChI=1S/C22H28N2O2S/c1-2-3-12-24-20(26)18-19(23-21(24)27-14-13-25)17-9-5-4-8-16(17)15-22(18)10-6-7-11-22/h4-5,8-9,25H,2-3,6-7,10-15H2,1H3. The van der Waals surface area contributed by atoms with Gasteiger partial charge in [-0.25, -0.2) is 4.98 Å². The molecule has 1 saturated carbocycles. The molecule has 0 saturated heterocycles. The van der Waals surface area contributed by atoms with Crippen LogP contribution in [0, 0.1) is 0 Å². The van der Waals surface area contributed by atoms with E-state index in [0.717, 1.165) is 54.1 Å². The van der Waals surface area contributed by atoms with E-state index in [-0.39, 0.29) is 17.6 Å². The van der Waals surface area contributed by atoms with Gasteiger partial charge in [0.05, 0.1) is 17.9 Å². The SMILES string of the molecule is CCCCn1c(SCCO)nc2c(c1=O)C1(CCCC1)Cc1ccccc1-2. The Morgan fingerprint density at radius 1 is 1.26 bits per heavy atom. The highest BCUT2D eigenvalue weighted by molar-refractivity contribution is 7.99. The summed E-state index contributed by atoms with van der Waals surface area (Å²) < 4.78 is 1.89. The second-order valence-corrected chi connectivity index (χ2v) is 8.88. The molecule has 1 heterocycles. The number of benzene rings is 1. The van der Waals surface area contributed by atoms with E-state index in [2.05, 4.69) is 25.1 Å². The minimum Gasteiger partial charge on any atom is -0.396 e. The summed E-state index contributed by atoms with van der Waals surface area (Å²) in [7, 11) is 0. The molecule has 1 spiro atoms. The van der Waals surface area contributed by atoms with Crippen LogP contribution < -0.4 is 5.56 Å². The van der Waals surface area contributed by atoms with Crippen LogP contribution in [0.5, 0.6) is 0 Å². The van der Waals surface area contributed by atoms with Crippen LogP contribution in [0.3, 0.4) is 0 Å². The van der Waals surface area contributed by atoms with Gasteiger partial charge in [-0.1, -0.05) is 62.2 Å². The van der Waals surface area contributed by atoms with E-state index >= 15 is 0 Å². The van der Waals surface area contributed by atoms with Gasteiger partial charge in [0, 0.05) is 23.3 Å². The topological polar surface area (TPSA) is 55.1 Å². The summed E-state index contributed by atoms with van der Waals surface area (Å²) in [5.41, 5.74) is 4.42. The maximum Gasteiger partial charge on any atom is 0.258 e. The Morgan fingerprint density at radius 2 is 2.04 bits per heavy atom. The number of aliphatic hydroxyl groups is 1. The lowest BCUT2D eigenvalue weighted by Crippen LogP contribution is -2.40. The van der Waals surface area contributed by atoms with Crippen LogP contribution in [-0.2, 0) is 18.4 Å². The lowest BCUT2D eigenvalue weighted by atomic mass is 9.68. The number of aliphatic hydroxyl groups excluding tert-OH is 1. The van der Waals surface area contributed by atoms with E-state index in [4.69, 9.17) is 4.98 Å². The molecule has 2 aliphatic carbocycles. The second-order valence-electron chi connectivity index (χ2n) is 7.82. The lowest BCUT2D eigenvalue weighted by molar-refractivity contribution is 0.322. The molecule has 4 rings (SSSR count). The molecule has 0 unspecified atom stereocenters. The molecule has 1 N–H and O–H groups in total. The van der Waals surface area contributed by atoms with Gasteiger partial charge in [-0.3, -0.25) is 9.36 Å². The van der Waals surface area contributed by atoms with Crippen LogP contribution in [-0.4, -0.2) is 27.0 Å². The molecular weight excluding hydrogens is 356 g/mol. The van der Waals surface area contributed by atoms with Gasteiger partial charge in [-0.15, -0.1) is 0 Å². The maximum absolute atomic E-state index is 13.7. The molecule has 4 nitrogen and oxygen atoms in total. The molecule has 1 aromatic carbocycles. The van der Waals surface area contributed by atoms with E-state index in [0.29, 0.717) is 12.3 Å². The molecule has 0 bridgehead atoms. The van der Waals surface area contributed by atoms with E-state index in [1.54, 1.807) is 0 Å². The van der Waals surface area contributed by atoms with Gasteiger partial charge in [0.1, 0.15) is 0 Å². The number of fused-ring (bicyclic) bond motifs is 4. The summed E-state index contributed by atoms with van der Waals surface area (Å²) in [6.45, 7) is 2.94. The maximum atomic E-state index is 13.7. The van der Waals surface area contributed by atoms with Gasteiger partial charge in [0.25, 0.3) is 5.56 Å². The monoisotopic (exact) mass is 384 g/mol. The summed E-state index contributed by atoms with van der Waals surface area (Å²) in [5.74, 6) is 0.560. The molecule has 0 amide bonds. The molecule has 0 aliphatic heterocycles. The molecule has 1 aromatic heterocycles. The van der Waals surface area contributed by atoms with Gasteiger partial charge >= 0.3 is 0 Å². The first-order valence-electron chi connectivity index (χ1n) is 10.2. The van der Waals surface area contributed by atoms with E-state index in [9.17, 15) is 9.90 Å². The predicted molar refractivity (Wildman–Crippen MR) is 111 cm³/mol. The Hall–Kier alpha value is -1.59. The summed E-state index contributed by atoms with van der Waals surface area (Å²) in [6, 6.07) is 8.44. The van der Waals surface area contributed by atoms with Gasteiger partial charge in [0.2, 0.25) is 0 Å². The highest BCUT2D eigenvalue weighted by Crippen LogP contribution is 2.49. The first-order chi connectivity index (χ1) is 13.2. The average Bonchev–Trinajstić information content (AvgIpc) is 3.14. The van der Waals surface area contributed by atoms with Crippen molar-refractivity contribution in [2.75, 3.05) is 12.4 Å². The van der Waals surface area contributed by atoms with Crippen molar-refractivity contribution in [1.29, 1.82) is 0 Å². The minimum atomic E-state index is -0.0398. The van der Waals surface area contributed by atoms with Crippen LogP contribution >= 0.6 is 11.8 Å². The molecule has 5 heteroatoms. The highest BCUT2D eigenvalue weighted by atomic mass is 32.2. The normalized spacial score (nSPS) is 17.1. The molecule has 2 aromatic rings. The quantitative estimate of drug-likeness (QED) is 0.600. The molecule has 2 aliphatic rings. The first-order valence-corrected chi connectivity index (χ1v) is 11.2. The van der Waals surface area contributed by atoms with Gasteiger partial charge in [-0.05, 0) is 31.2 Å². The van der Waals surface area contributed by atoms with Crippen LogP contribution in [0.15, 0.2) is 34.2 Å². The third kappa shape index (κ3) is 3.25. The summed E-state index contributed by atoms with van der Waals surface area (Å²) in [4.78, 5) is 18.8. The van der Waals surface area contributed by atoms with Crippen molar-refractivity contribution in [2.24, 2.45) is 0 Å². The largest absolute Gasteiger partial charge is 0.396 e. The van der Waals surface area contributed by atoms with E-state index in [1.165, 1.54) is 30.2 Å². The smallest absolute Gasteiger partial charge is 0.258 e. The van der Waals surface area contributed by atoms with Crippen LogP contribution in [0.2, 0.25) is 0 Å². The molecule has 144 valence electrons. The minimum absolute atomic E-state index is 0.0398. The fourth-order valence-electron chi connectivity index (χ4n) is 4.81. The van der Waals surface area contributed by atoms with E-state index in [1.807, 2.05) is 10.6 Å². The van der Waals surface area contributed by atoms with Gasteiger partial charge in [-0.2, -0.15) is 0 Å². The number of hydrogen-bond acceptors (Lipinski definition) is 4. The highest BCUT2D eigenvalue weighted by Gasteiger charge is 2.44. The summed E-state index contributed by atoms with van der Waals surface area (Å²) in [6.07, 6.45) is 7.53. The van der Waals surface area contributed by atoms with Crippen LogP contribution in [0.1, 0.15) is 56.6 Å². The summed E-state index contributed by atoms with van der Waals surface area (Å²) >= 11 is 1.49. The van der Waals surface area contributed by atoms with Crippen LogP contribution in [0.25, 0.3) is 11.3 Å². The van der Waals surface area contributed by atoms with Crippen molar-refractivity contribution in [3.8, 4) is 11.3 Å². The Kier molecular flexibility index (Phi) is 5.42. The molecule has 1 fully saturated rings. The second kappa shape index (κ2) is 7.80. The zero-order valence-corrected chi connectivity index (χ0v) is 16.9. The molecule has 0 atom stereocenters. The number of rotatable bonds is 6. The first kappa shape index (κ1) is 18.8. The van der Waals surface area contributed by atoms with Crippen LogP contribution in [0.4, 0.5) is 0 Å². The Labute approximate surface area is 165 Å². The van der Waals surface area contributed by atoms with Crippen molar-refractivity contribution in [3.05, 3.63) is 45.7 Å². The van der Waals surface area contributed by atoms with Crippen molar-refractivity contribution in [3.63, 3.8) is 0 Å². The summed E-state index contributed by atoms with van der Waals surface area (Å²) in [5, 5.41) is 10.0. The average molecular weight is 385 g/mol. The number of thioether (sulfide) groups is 1. The van der Waals surface area contributed by atoms with Crippen molar-refractivity contribution < 1.29 is 5.11 Å². The zero-order chi connectivity index (χ0) is 18.9.